The molecule has 4 nitrogen and oxygen atoms in total. The highest BCUT2D eigenvalue weighted by atomic mass is 15.2. The Hall–Kier alpha value is -6.91. The van der Waals surface area contributed by atoms with E-state index >= 15 is 0 Å². The summed E-state index contributed by atoms with van der Waals surface area (Å²) in [6.07, 6.45) is 0. The summed E-state index contributed by atoms with van der Waals surface area (Å²) in [4.78, 5) is 15.1. The summed E-state index contributed by atoms with van der Waals surface area (Å²) in [7, 11) is 0. The van der Waals surface area contributed by atoms with Gasteiger partial charge in [0.05, 0.1) is 27.5 Å². The zero-order valence-corrected chi connectivity index (χ0v) is 27.2. The van der Waals surface area contributed by atoms with Crippen LogP contribution in [0.3, 0.4) is 0 Å². The van der Waals surface area contributed by atoms with Gasteiger partial charge in [-0.15, -0.1) is 0 Å². The molecule has 0 N–H and O–H groups in total. The normalized spacial score (nSPS) is 15.8. The SMILES string of the molecule is [2H]c1c([2H])c([2H])c(C2c3c([2H])c([2H])c([2H])c([2H])c3-c3c([2H])c([2H])c([2H])c([2H])c32)c(-c2nc(-c3ccc4c(ccc5ccccc54)c3)nc(-n3c4ccccc4c4ccccc43)n2)c1[2H]. The Morgan fingerprint density at radius 3 is 1.65 bits per heavy atom. The number of hydrogen-bond donors (Lipinski definition) is 0. The van der Waals surface area contributed by atoms with Crippen LogP contribution in [0.5, 0.6) is 0 Å². The third-order valence-corrected chi connectivity index (χ3v) is 9.90. The molecule has 0 saturated carbocycles. The summed E-state index contributed by atoms with van der Waals surface area (Å²) in [5.41, 5.74) is 0.940. The van der Waals surface area contributed by atoms with Crippen molar-refractivity contribution in [1.29, 1.82) is 0 Å². The molecule has 10 aromatic rings. The van der Waals surface area contributed by atoms with Crippen molar-refractivity contribution in [3.8, 4) is 39.9 Å². The minimum atomic E-state index is -1.55. The molecule has 0 unspecified atom stereocenters. The zero-order valence-electron chi connectivity index (χ0n) is 39.2. The molecular formula is C48H30N4. The zero-order chi connectivity index (χ0) is 44.6. The number of fused-ring (bicyclic) bond motifs is 9. The predicted molar refractivity (Wildman–Crippen MR) is 213 cm³/mol. The van der Waals surface area contributed by atoms with Gasteiger partial charge in [0.1, 0.15) is 0 Å². The van der Waals surface area contributed by atoms with Crippen molar-refractivity contribution in [3.05, 3.63) is 192 Å². The van der Waals surface area contributed by atoms with E-state index < -0.39 is 78.4 Å². The lowest BCUT2D eigenvalue weighted by Gasteiger charge is -2.19. The lowest BCUT2D eigenvalue weighted by atomic mass is 9.86. The smallest absolute Gasteiger partial charge is 0.238 e. The summed E-state index contributed by atoms with van der Waals surface area (Å²) in [6.45, 7) is 0. The molecule has 1 aliphatic carbocycles. The largest absolute Gasteiger partial charge is 0.278 e. The third kappa shape index (κ3) is 4.31. The fourth-order valence-electron chi connectivity index (χ4n) is 7.62. The van der Waals surface area contributed by atoms with Gasteiger partial charge >= 0.3 is 0 Å². The van der Waals surface area contributed by atoms with Gasteiger partial charge in [-0.1, -0.05) is 157 Å². The molecule has 8 aromatic carbocycles. The fraction of sp³-hybridized carbons (Fsp3) is 0.0208. The molecule has 2 heterocycles. The Morgan fingerprint density at radius 2 is 0.962 bits per heavy atom. The van der Waals surface area contributed by atoms with Gasteiger partial charge in [0.2, 0.25) is 5.95 Å². The quantitative estimate of drug-likeness (QED) is 0.175. The van der Waals surface area contributed by atoms with E-state index in [-0.39, 0.29) is 51.0 Å². The van der Waals surface area contributed by atoms with E-state index in [0.717, 1.165) is 43.4 Å². The summed E-state index contributed by atoms with van der Waals surface area (Å²) in [5.74, 6) is -1.47. The van der Waals surface area contributed by atoms with Gasteiger partial charge in [0.15, 0.2) is 11.6 Å². The molecule has 4 heteroatoms. The van der Waals surface area contributed by atoms with E-state index in [4.69, 9.17) is 25.9 Å². The lowest BCUT2D eigenvalue weighted by Crippen LogP contribution is -2.08. The molecule has 0 aliphatic heterocycles. The molecule has 0 radical (unpaired) electrons. The molecule has 1 aliphatic rings. The van der Waals surface area contributed by atoms with Crippen molar-refractivity contribution < 1.29 is 16.4 Å². The van der Waals surface area contributed by atoms with Gasteiger partial charge < -0.3 is 0 Å². The van der Waals surface area contributed by atoms with Crippen LogP contribution in [0.25, 0.3) is 83.2 Å². The molecule has 0 spiro atoms. The van der Waals surface area contributed by atoms with Gasteiger partial charge in [-0.05, 0) is 67.6 Å². The van der Waals surface area contributed by atoms with Crippen molar-refractivity contribution in [2.75, 3.05) is 0 Å². The molecular weight excluding hydrogens is 633 g/mol. The average molecular weight is 675 g/mol. The number of nitrogens with zero attached hydrogens (tertiary/aromatic N) is 4. The average Bonchev–Trinajstić information content (AvgIpc) is 3.85. The first-order valence-electron chi connectivity index (χ1n) is 22.8. The maximum atomic E-state index is 9.55. The van der Waals surface area contributed by atoms with Crippen molar-refractivity contribution in [2.24, 2.45) is 0 Å². The molecule has 2 aromatic heterocycles. The Morgan fingerprint density at radius 1 is 0.442 bits per heavy atom. The monoisotopic (exact) mass is 674 g/mol. The molecule has 0 bridgehead atoms. The summed E-state index contributed by atoms with van der Waals surface area (Å²) < 4.78 is 110. The lowest BCUT2D eigenvalue weighted by molar-refractivity contribution is 0.945. The fourth-order valence-corrected chi connectivity index (χ4v) is 7.62. The van der Waals surface area contributed by atoms with Crippen LogP contribution in [0.15, 0.2) is 176 Å². The Balaban J connectivity index is 1.28. The maximum absolute atomic E-state index is 9.55. The molecule has 0 amide bonds. The predicted octanol–water partition coefficient (Wildman–Crippen LogP) is 11.8. The van der Waals surface area contributed by atoms with E-state index in [2.05, 4.69) is 0 Å². The van der Waals surface area contributed by atoms with Crippen LogP contribution in [-0.2, 0) is 0 Å². The number of hydrogen-bond acceptors (Lipinski definition) is 3. The first-order valence-corrected chi connectivity index (χ1v) is 16.8. The van der Waals surface area contributed by atoms with Gasteiger partial charge in [-0.25, -0.2) is 4.98 Å². The number of para-hydroxylation sites is 2. The Labute approximate surface area is 317 Å². The molecule has 0 saturated heterocycles. The van der Waals surface area contributed by atoms with E-state index in [0.29, 0.717) is 5.56 Å². The third-order valence-electron chi connectivity index (χ3n) is 9.90. The highest BCUT2D eigenvalue weighted by molar-refractivity contribution is 6.09. The Kier molecular flexibility index (Phi) is 4.23. The van der Waals surface area contributed by atoms with E-state index in [9.17, 15) is 5.48 Å². The van der Waals surface area contributed by atoms with Crippen LogP contribution in [0, 0.1) is 0 Å². The minimum absolute atomic E-state index is 0.116. The van der Waals surface area contributed by atoms with Gasteiger partial charge in [0, 0.05) is 27.8 Å². The summed E-state index contributed by atoms with van der Waals surface area (Å²) in [6, 6.07) is 26.1. The van der Waals surface area contributed by atoms with Gasteiger partial charge in [-0.2, -0.15) is 9.97 Å². The molecule has 0 fully saturated rings. The van der Waals surface area contributed by atoms with Crippen LogP contribution in [-0.4, -0.2) is 19.5 Å². The molecule has 52 heavy (non-hydrogen) atoms. The van der Waals surface area contributed by atoms with Crippen LogP contribution < -0.4 is 0 Å². The van der Waals surface area contributed by atoms with E-state index in [1.807, 2.05) is 108 Å². The van der Waals surface area contributed by atoms with Crippen molar-refractivity contribution >= 4 is 43.4 Å². The number of benzene rings is 8. The standard InChI is InChI=1S/C48H30N4/c1-2-14-33-30(13-1)25-26-31-29-32(27-28-34(31)33)46-49-47(51-48(50-46)52-43-23-11-9-17-37(43)38-18-10-12-24-44(38)52)42-22-8-7-21-41(42)45-39-19-5-3-15-35(39)36-16-4-6-20-40(36)45/h1-29,45H/i3D,4D,5D,6D,7D,8D,15D,16D,19D,20D,21D,22D. The molecule has 11 rings (SSSR count). The van der Waals surface area contributed by atoms with Crippen molar-refractivity contribution in [3.63, 3.8) is 0 Å². The van der Waals surface area contributed by atoms with E-state index in [1.54, 1.807) is 0 Å². The first kappa shape index (κ1) is 19.5. The van der Waals surface area contributed by atoms with E-state index in [1.165, 1.54) is 0 Å². The molecule has 242 valence electrons. The second-order valence-corrected chi connectivity index (χ2v) is 12.7. The van der Waals surface area contributed by atoms with Crippen molar-refractivity contribution in [2.45, 2.75) is 5.92 Å². The number of aromatic nitrogens is 4. The van der Waals surface area contributed by atoms with Gasteiger partial charge in [0.25, 0.3) is 0 Å². The molecule has 0 atom stereocenters. The van der Waals surface area contributed by atoms with Gasteiger partial charge in [-0.3, -0.25) is 4.57 Å². The first-order chi connectivity index (χ1) is 30.8. The van der Waals surface area contributed by atoms with Crippen LogP contribution in [0.4, 0.5) is 0 Å². The Bertz CT molecular complexity index is 3610. The van der Waals surface area contributed by atoms with Crippen LogP contribution >= 0.6 is 0 Å². The minimum Gasteiger partial charge on any atom is -0.278 e. The highest BCUT2D eigenvalue weighted by Gasteiger charge is 2.31. The van der Waals surface area contributed by atoms with Crippen LogP contribution in [0.1, 0.15) is 39.1 Å². The topological polar surface area (TPSA) is 43.6 Å². The summed E-state index contributed by atoms with van der Waals surface area (Å²) in [5, 5.41) is 5.81. The van der Waals surface area contributed by atoms with Crippen molar-refractivity contribution in [1.82, 2.24) is 19.5 Å². The van der Waals surface area contributed by atoms with Crippen LogP contribution in [0.2, 0.25) is 0 Å². The highest BCUT2D eigenvalue weighted by Crippen LogP contribution is 2.49. The number of rotatable bonds is 4. The second-order valence-electron chi connectivity index (χ2n) is 12.7. The second kappa shape index (κ2) is 11.3. The maximum Gasteiger partial charge on any atom is 0.238 e. The summed E-state index contributed by atoms with van der Waals surface area (Å²) >= 11 is 0.